The van der Waals surface area contributed by atoms with Crippen molar-refractivity contribution in [2.45, 2.75) is 6.54 Å². The highest BCUT2D eigenvalue weighted by Gasteiger charge is 2.04. The molecule has 0 unspecified atom stereocenters. The van der Waals surface area contributed by atoms with Gasteiger partial charge in [-0.2, -0.15) is 5.10 Å². The van der Waals surface area contributed by atoms with Crippen molar-refractivity contribution in [3.05, 3.63) is 41.0 Å². The average molecular weight is 286 g/mol. The largest absolute Gasteiger partial charge is 0.264 e. The number of rotatable bonds is 3. The summed E-state index contributed by atoms with van der Waals surface area (Å²) in [6, 6.07) is 10.2. The van der Waals surface area contributed by atoms with Crippen LogP contribution in [0, 0.1) is 0 Å². The molecule has 2 aromatic rings. The lowest BCUT2D eigenvalue weighted by Gasteiger charge is -2.05. The minimum atomic E-state index is 0.575. The molecule has 1 aromatic carbocycles. The van der Waals surface area contributed by atoms with Gasteiger partial charge in [-0.1, -0.05) is 28.1 Å². The van der Waals surface area contributed by atoms with Crippen LogP contribution in [-0.2, 0) is 6.54 Å². The Bertz CT molecular complexity index is 436. The van der Waals surface area contributed by atoms with Crippen LogP contribution in [0.3, 0.4) is 0 Å². The molecule has 0 spiro atoms. The van der Waals surface area contributed by atoms with Crippen LogP contribution in [0.4, 0.5) is 0 Å². The summed E-state index contributed by atoms with van der Waals surface area (Å²) in [7, 11) is 0. The van der Waals surface area contributed by atoms with E-state index < -0.39 is 0 Å². The molecular formula is C11H10BrClN2. The summed E-state index contributed by atoms with van der Waals surface area (Å²) in [5.74, 6) is 0.575. The maximum Gasteiger partial charge on any atom is 0.0682 e. The van der Waals surface area contributed by atoms with Crippen molar-refractivity contribution in [1.29, 1.82) is 0 Å². The fourth-order valence-electron chi connectivity index (χ4n) is 1.46. The topological polar surface area (TPSA) is 17.8 Å². The van der Waals surface area contributed by atoms with E-state index >= 15 is 0 Å². The molecule has 0 bridgehead atoms. The first-order valence-electron chi connectivity index (χ1n) is 4.65. The van der Waals surface area contributed by atoms with E-state index in [0.29, 0.717) is 5.88 Å². The number of aromatic nitrogens is 2. The van der Waals surface area contributed by atoms with E-state index in [9.17, 15) is 0 Å². The van der Waals surface area contributed by atoms with E-state index in [1.165, 1.54) is 0 Å². The van der Waals surface area contributed by atoms with Crippen LogP contribution in [0.1, 0.15) is 0 Å². The number of hydrogen-bond acceptors (Lipinski definition) is 1. The molecule has 0 N–H and O–H groups in total. The van der Waals surface area contributed by atoms with Gasteiger partial charge in [0.05, 0.1) is 12.2 Å². The molecule has 4 heteroatoms. The quantitative estimate of drug-likeness (QED) is 0.789. The number of hydrogen-bond donors (Lipinski definition) is 0. The van der Waals surface area contributed by atoms with Crippen molar-refractivity contribution in [3.8, 4) is 11.3 Å². The molecule has 0 aliphatic heterocycles. The summed E-state index contributed by atoms with van der Waals surface area (Å²) >= 11 is 9.12. The van der Waals surface area contributed by atoms with Crippen LogP contribution in [0.25, 0.3) is 11.3 Å². The molecule has 2 rings (SSSR count). The molecule has 2 nitrogen and oxygen atoms in total. The van der Waals surface area contributed by atoms with Gasteiger partial charge in [0, 0.05) is 16.5 Å². The van der Waals surface area contributed by atoms with Gasteiger partial charge in [0.2, 0.25) is 0 Å². The number of nitrogens with zero attached hydrogens (tertiary/aromatic N) is 2. The Hall–Kier alpha value is -0.800. The molecule has 0 aliphatic rings. The van der Waals surface area contributed by atoms with Crippen LogP contribution >= 0.6 is 27.5 Å². The first kappa shape index (κ1) is 10.7. The van der Waals surface area contributed by atoms with Gasteiger partial charge >= 0.3 is 0 Å². The lowest BCUT2D eigenvalue weighted by atomic mass is 10.1. The predicted octanol–water partition coefficient (Wildman–Crippen LogP) is 3.55. The number of benzene rings is 1. The summed E-state index contributed by atoms with van der Waals surface area (Å²) in [5.41, 5.74) is 2.25. The van der Waals surface area contributed by atoms with Crippen molar-refractivity contribution in [3.63, 3.8) is 0 Å². The molecular weight excluding hydrogens is 275 g/mol. The minimum Gasteiger partial charge on any atom is -0.264 e. The molecule has 0 atom stereocenters. The van der Waals surface area contributed by atoms with E-state index in [4.69, 9.17) is 11.6 Å². The highest BCUT2D eigenvalue weighted by molar-refractivity contribution is 9.10. The van der Waals surface area contributed by atoms with Gasteiger partial charge in [-0.3, -0.25) is 4.68 Å². The second-order valence-corrected chi connectivity index (χ2v) is 4.43. The Morgan fingerprint density at radius 3 is 2.60 bits per heavy atom. The maximum atomic E-state index is 5.71. The van der Waals surface area contributed by atoms with Gasteiger partial charge < -0.3 is 0 Å². The summed E-state index contributed by atoms with van der Waals surface area (Å²) in [6.45, 7) is 0.736. The van der Waals surface area contributed by atoms with Gasteiger partial charge in [0.15, 0.2) is 0 Å². The minimum absolute atomic E-state index is 0.575. The normalized spacial score (nSPS) is 10.5. The van der Waals surface area contributed by atoms with Gasteiger partial charge in [-0.15, -0.1) is 11.6 Å². The summed E-state index contributed by atoms with van der Waals surface area (Å²) in [4.78, 5) is 0. The monoisotopic (exact) mass is 284 g/mol. The summed E-state index contributed by atoms with van der Waals surface area (Å²) < 4.78 is 2.99. The molecule has 1 heterocycles. The third-order valence-electron chi connectivity index (χ3n) is 2.15. The second kappa shape index (κ2) is 4.81. The zero-order valence-electron chi connectivity index (χ0n) is 8.03. The molecule has 1 aromatic heterocycles. The third kappa shape index (κ3) is 2.41. The Kier molecular flexibility index (Phi) is 3.44. The van der Waals surface area contributed by atoms with Gasteiger partial charge in [-0.05, 0) is 23.8 Å². The van der Waals surface area contributed by atoms with E-state index in [1.807, 2.05) is 22.9 Å². The summed E-state index contributed by atoms with van der Waals surface area (Å²) in [6.07, 6.45) is 1.80. The Morgan fingerprint density at radius 1 is 1.20 bits per heavy atom. The third-order valence-corrected chi connectivity index (χ3v) is 2.85. The van der Waals surface area contributed by atoms with Crippen LogP contribution in [0.2, 0.25) is 0 Å². The predicted molar refractivity (Wildman–Crippen MR) is 66.1 cm³/mol. The standard InChI is InChI=1S/C11H10BrClN2/c12-10-3-1-9(2-4-10)11-5-7-14-15(11)8-6-13/h1-5,7H,6,8H2. The molecule has 0 fully saturated rings. The smallest absolute Gasteiger partial charge is 0.0682 e. The van der Waals surface area contributed by atoms with E-state index in [0.717, 1.165) is 22.3 Å². The Morgan fingerprint density at radius 2 is 1.93 bits per heavy atom. The fourth-order valence-corrected chi connectivity index (χ4v) is 1.88. The lowest BCUT2D eigenvalue weighted by Crippen LogP contribution is -2.02. The highest BCUT2D eigenvalue weighted by atomic mass is 79.9. The molecule has 0 amide bonds. The molecule has 0 aliphatic carbocycles. The van der Waals surface area contributed by atoms with Crippen molar-refractivity contribution >= 4 is 27.5 Å². The van der Waals surface area contributed by atoms with E-state index in [1.54, 1.807) is 6.20 Å². The average Bonchev–Trinajstić information content (AvgIpc) is 2.68. The maximum absolute atomic E-state index is 5.71. The lowest BCUT2D eigenvalue weighted by molar-refractivity contribution is 0.671. The molecule has 78 valence electrons. The van der Waals surface area contributed by atoms with Gasteiger partial charge in [0.25, 0.3) is 0 Å². The SMILES string of the molecule is ClCCn1nccc1-c1ccc(Br)cc1. The van der Waals surface area contributed by atoms with Crippen molar-refractivity contribution in [2.75, 3.05) is 5.88 Å². The molecule has 0 radical (unpaired) electrons. The van der Waals surface area contributed by atoms with Gasteiger partial charge in [-0.25, -0.2) is 0 Å². The van der Waals surface area contributed by atoms with Crippen LogP contribution in [0.5, 0.6) is 0 Å². The van der Waals surface area contributed by atoms with Crippen LogP contribution < -0.4 is 0 Å². The molecule has 0 saturated carbocycles. The van der Waals surface area contributed by atoms with E-state index in [2.05, 4.69) is 33.2 Å². The van der Waals surface area contributed by atoms with Crippen molar-refractivity contribution < 1.29 is 0 Å². The number of aryl methyl sites for hydroxylation is 1. The highest BCUT2D eigenvalue weighted by Crippen LogP contribution is 2.21. The Balaban J connectivity index is 2.36. The van der Waals surface area contributed by atoms with Crippen molar-refractivity contribution in [1.82, 2.24) is 9.78 Å². The first-order valence-corrected chi connectivity index (χ1v) is 5.98. The summed E-state index contributed by atoms with van der Waals surface area (Å²) in [5, 5.41) is 4.23. The molecule has 0 saturated heterocycles. The van der Waals surface area contributed by atoms with Crippen LogP contribution in [0.15, 0.2) is 41.0 Å². The Labute approximate surface area is 102 Å². The fraction of sp³-hybridized carbons (Fsp3) is 0.182. The van der Waals surface area contributed by atoms with Gasteiger partial charge in [0.1, 0.15) is 0 Å². The van der Waals surface area contributed by atoms with E-state index in [-0.39, 0.29) is 0 Å². The second-order valence-electron chi connectivity index (χ2n) is 3.14. The van der Waals surface area contributed by atoms with Crippen molar-refractivity contribution in [2.24, 2.45) is 0 Å². The first-order chi connectivity index (χ1) is 7.31. The number of halogens is 2. The zero-order chi connectivity index (χ0) is 10.7. The zero-order valence-corrected chi connectivity index (χ0v) is 10.4. The van der Waals surface area contributed by atoms with Crippen LogP contribution in [-0.4, -0.2) is 15.7 Å². The number of alkyl halides is 1. The molecule has 15 heavy (non-hydrogen) atoms.